The van der Waals surface area contributed by atoms with Crippen molar-refractivity contribution in [3.8, 4) is 0 Å². The SMILES string of the molecule is CCN(CC)Cc1cnc2c(C(=O)Nc3ccc4c(c3)CC(=O)N4)cnn2c1. The maximum absolute atomic E-state index is 12.7. The Morgan fingerprint density at radius 1 is 1.29 bits per heavy atom. The molecule has 0 saturated carbocycles. The highest BCUT2D eigenvalue weighted by Crippen LogP contribution is 2.26. The fraction of sp³-hybridized carbons (Fsp3) is 0.300. The van der Waals surface area contributed by atoms with Gasteiger partial charge < -0.3 is 10.6 Å². The van der Waals surface area contributed by atoms with Gasteiger partial charge in [0.15, 0.2) is 5.65 Å². The Morgan fingerprint density at radius 3 is 2.89 bits per heavy atom. The third-order valence-corrected chi connectivity index (χ3v) is 4.94. The first kappa shape index (κ1) is 18.1. The molecule has 0 spiro atoms. The monoisotopic (exact) mass is 378 g/mol. The minimum atomic E-state index is -0.281. The fourth-order valence-electron chi connectivity index (χ4n) is 3.37. The normalized spacial score (nSPS) is 13.0. The number of carbonyl (C=O) groups is 2. The molecule has 0 fully saturated rings. The van der Waals surface area contributed by atoms with Crippen molar-refractivity contribution < 1.29 is 9.59 Å². The van der Waals surface area contributed by atoms with Crippen molar-refractivity contribution in [1.82, 2.24) is 19.5 Å². The summed E-state index contributed by atoms with van der Waals surface area (Å²) in [5, 5.41) is 9.93. The van der Waals surface area contributed by atoms with Gasteiger partial charge in [0.25, 0.3) is 5.91 Å². The topological polar surface area (TPSA) is 91.6 Å². The predicted octanol–water partition coefficient (Wildman–Crippen LogP) is 2.32. The van der Waals surface area contributed by atoms with E-state index in [9.17, 15) is 9.59 Å². The zero-order valence-electron chi connectivity index (χ0n) is 15.9. The van der Waals surface area contributed by atoms with Crippen molar-refractivity contribution in [1.29, 1.82) is 0 Å². The number of aromatic nitrogens is 3. The van der Waals surface area contributed by atoms with Crippen LogP contribution in [0.15, 0.2) is 36.8 Å². The van der Waals surface area contributed by atoms with E-state index in [1.54, 1.807) is 22.8 Å². The molecule has 2 amide bonds. The van der Waals surface area contributed by atoms with E-state index in [0.717, 1.165) is 36.4 Å². The molecule has 1 aromatic carbocycles. The fourth-order valence-corrected chi connectivity index (χ4v) is 3.37. The van der Waals surface area contributed by atoms with Crippen LogP contribution in [0.4, 0.5) is 11.4 Å². The van der Waals surface area contributed by atoms with E-state index in [1.165, 1.54) is 6.20 Å². The molecule has 0 atom stereocenters. The van der Waals surface area contributed by atoms with E-state index in [4.69, 9.17) is 0 Å². The van der Waals surface area contributed by atoms with Gasteiger partial charge >= 0.3 is 0 Å². The molecule has 0 bridgehead atoms. The molecular formula is C20H22N6O2. The Morgan fingerprint density at radius 2 is 2.11 bits per heavy atom. The number of anilines is 2. The van der Waals surface area contributed by atoms with Crippen molar-refractivity contribution in [2.75, 3.05) is 23.7 Å². The third-order valence-electron chi connectivity index (χ3n) is 4.94. The average Bonchev–Trinajstić information content (AvgIpc) is 3.27. The number of carbonyl (C=O) groups excluding carboxylic acids is 2. The standard InChI is InChI=1S/C20H22N6O2/c1-3-25(4-2)11-13-9-21-19-16(10-22-26(19)12-13)20(28)23-15-5-6-17-14(7-15)8-18(27)24-17/h5-7,9-10,12H,3-4,8,11H2,1-2H3,(H,23,28)(H,24,27). The first-order valence-electron chi connectivity index (χ1n) is 9.36. The lowest BCUT2D eigenvalue weighted by Gasteiger charge is -2.17. The summed E-state index contributed by atoms with van der Waals surface area (Å²) in [5.74, 6) is -0.318. The van der Waals surface area contributed by atoms with Gasteiger partial charge in [-0.3, -0.25) is 14.5 Å². The molecule has 0 unspecified atom stereocenters. The lowest BCUT2D eigenvalue weighted by Crippen LogP contribution is -2.22. The van der Waals surface area contributed by atoms with Crippen LogP contribution in [0.25, 0.3) is 5.65 Å². The van der Waals surface area contributed by atoms with Crippen LogP contribution in [0.3, 0.4) is 0 Å². The lowest BCUT2D eigenvalue weighted by molar-refractivity contribution is -0.115. The van der Waals surface area contributed by atoms with Crippen LogP contribution in [0.1, 0.15) is 35.3 Å². The van der Waals surface area contributed by atoms with Crippen molar-refractivity contribution in [3.63, 3.8) is 0 Å². The number of fused-ring (bicyclic) bond motifs is 2. The molecule has 3 heterocycles. The zero-order valence-corrected chi connectivity index (χ0v) is 15.9. The molecule has 8 heteroatoms. The van der Waals surface area contributed by atoms with Crippen molar-refractivity contribution in [3.05, 3.63) is 53.5 Å². The molecule has 2 N–H and O–H groups in total. The van der Waals surface area contributed by atoms with Crippen LogP contribution in [0.2, 0.25) is 0 Å². The highest BCUT2D eigenvalue weighted by Gasteiger charge is 2.19. The van der Waals surface area contributed by atoms with Gasteiger partial charge in [-0.05, 0) is 36.9 Å². The maximum Gasteiger partial charge on any atom is 0.261 e. The Bertz CT molecular complexity index is 1050. The summed E-state index contributed by atoms with van der Waals surface area (Å²) in [7, 11) is 0. The number of benzene rings is 1. The van der Waals surface area contributed by atoms with E-state index in [1.807, 2.05) is 12.3 Å². The molecule has 1 aliphatic rings. The summed E-state index contributed by atoms with van der Waals surface area (Å²) in [4.78, 5) is 30.9. The van der Waals surface area contributed by atoms with Gasteiger partial charge in [0.1, 0.15) is 5.56 Å². The molecule has 3 aromatic rings. The Labute approximate surface area is 162 Å². The Kier molecular flexibility index (Phi) is 4.79. The van der Waals surface area contributed by atoms with Crippen molar-refractivity contribution >= 4 is 28.8 Å². The predicted molar refractivity (Wildman–Crippen MR) is 106 cm³/mol. The van der Waals surface area contributed by atoms with Crippen molar-refractivity contribution in [2.45, 2.75) is 26.8 Å². The van der Waals surface area contributed by atoms with E-state index < -0.39 is 0 Å². The summed E-state index contributed by atoms with van der Waals surface area (Å²) in [5.41, 5.74) is 4.27. The van der Waals surface area contributed by atoms with E-state index in [2.05, 4.69) is 39.5 Å². The highest BCUT2D eigenvalue weighted by molar-refractivity contribution is 6.08. The molecule has 2 aromatic heterocycles. The number of rotatable bonds is 6. The van der Waals surface area contributed by atoms with Gasteiger partial charge in [0.05, 0.1) is 12.6 Å². The molecule has 0 aliphatic carbocycles. The summed E-state index contributed by atoms with van der Waals surface area (Å²) >= 11 is 0. The minimum absolute atomic E-state index is 0.0363. The Balaban J connectivity index is 1.53. The molecule has 4 rings (SSSR count). The van der Waals surface area contributed by atoms with Crippen LogP contribution in [0, 0.1) is 0 Å². The first-order chi connectivity index (χ1) is 13.6. The number of hydrogen-bond acceptors (Lipinski definition) is 5. The summed E-state index contributed by atoms with van der Waals surface area (Å²) < 4.78 is 1.64. The van der Waals surface area contributed by atoms with Crippen molar-refractivity contribution in [2.24, 2.45) is 0 Å². The molecular weight excluding hydrogens is 356 g/mol. The quantitative estimate of drug-likeness (QED) is 0.687. The third kappa shape index (κ3) is 3.46. The Hall–Kier alpha value is -3.26. The number of nitrogens with one attached hydrogen (secondary N) is 2. The zero-order chi connectivity index (χ0) is 19.7. The lowest BCUT2D eigenvalue weighted by atomic mass is 10.1. The second-order valence-electron chi connectivity index (χ2n) is 6.80. The maximum atomic E-state index is 12.7. The summed E-state index contributed by atoms with van der Waals surface area (Å²) in [6.45, 7) is 6.96. The van der Waals surface area contributed by atoms with E-state index in [0.29, 0.717) is 23.3 Å². The highest BCUT2D eigenvalue weighted by atomic mass is 16.2. The molecule has 1 aliphatic heterocycles. The first-order valence-corrected chi connectivity index (χ1v) is 9.36. The van der Waals surface area contributed by atoms with Gasteiger partial charge in [-0.15, -0.1) is 0 Å². The summed E-state index contributed by atoms with van der Waals surface area (Å²) in [6, 6.07) is 5.37. The minimum Gasteiger partial charge on any atom is -0.326 e. The van der Waals surface area contributed by atoms with Crippen LogP contribution in [-0.2, 0) is 17.8 Å². The average molecular weight is 378 g/mol. The van der Waals surface area contributed by atoms with Gasteiger partial charge in [0.2, 0.25) is 5.91 Å². The largest absolute Gasteiger partial charge is 0.326 e. The van der Waals surface area contributed by atoms with E-state index in [-0.39, 0.29) is 11.8 Å². The molecule has 28 heavy (non-hydrogen) atoms. The van der Waals surface area contributed by atoms with E-state index >= 15 is 0 Å². The summed E-state index contributed by atoms with van der Waals surface area (Å²) in [6.07, 6.45) is 5.55. The number of amides is 2. The van der Waals surface area contributed by atoms with Gasteiger partial charge in [-0.2, -0.15) is 5.10 Å². The molecule has 0 saturated heterocycles. The molecule has 8 nitrogen and oxygen atoms in total. The molecule has 144 valence electrons. The van der Waals surface area contributed by atoms with Crippen LogP contribution in [-0.4, -0.2) is 44.4 Å². The number of nitrogens with zero attached hydrogens (tertiary/aromatic N) is 4. The van der Waals surface area contributed by atoms with Crippen LogP contribution >= 0.6 is 0 Å². The van der Waals surface area contributed by atoms with Gasteiger partial charge in [0, 0.05) is 35.9 Å². The molecule has 0 radical (unpaired) electrons. The number of hydrogen-bond donors (Lipinski definition) is 2. The second kappa shape index (κ2) is 7.40. The second-order valence-corrected chi connectivity index (χ2v) is 6.80. The van der Waals surface area contributed by atoms with Gasteiger partial charge in [-0.1, -0.05) is 13.8 Å². The van der Waals surface area contributed by atoms with Gasteiger partial charge in [-0.25, -0.2) is 9.50 Å². The van der Waals surface area contributed by atoms with Crippen LogP contribution in [0.5, 0.6) is 0 Å². The van der Waals surface area contributed by atoms with Crippen LogP contribution < -0.4 is 10.6 Å². The smallest absolute Gasteiger partial charge is 0.261 e.